The number of hydrogen-bond acceptors (Lipinski definition) is 4. The second kappa shape index (κ2) is 5.75. The number of rotatable bonds is 4. The summed E-state index contributed by atoms with van der Waals surface area (Å²) in [5.74, 6) is -0.847. The fourth-order valence-electron chi connectivity index (χ4n) is 2.49. The second-order valence-corrected chi connectivity index (χ2v) is 5.20. The molecule has 2 amide bonds. The molecule has 1 unspecified atom stereocenters. The smallest absolute Gasteiger partial charge is 0.317 e. The molecule has 0 aromatic heterocycles. The molecule has 0 radical (unpaired) electrons. The number of aliphatic carboxylic acids is 1. The van der Waals surface area contributed by atoms with E-state index in [9.17, 15) is 19.8 Å². The minimum atomic E-state index is -0.847. The molecule has 2 fully saturated rings. The first-order valence-corrected chi connectivity index (χ1v) is 6.55. The Morgan fingerprint density at radius 2 is 2.16 bits per heavy atom. The zero-order valence-electron chi connectivity index (χ0n) is 10.8. The number of nitrogens with zero attached hydrogens (tertiary/aromatic N) is 1. The normalized spacial score (nSPS) is 25.5. The lowest BCUT2D eigenvalue weighted by atomic mass is 9.69. The Morgan fingerprint density at radius 3 is 2.68 bits per heavy atom. The average Bonchev–Trinajstić information content (AvgIpc) is 2.36. The summed E-state index contributed by atoms with van der Waals surface area (Å²) in [4.78, 5) is 24.7. The van der Waals surface area contributed by atoms with E-state index in [1.165, 1.54) is 4.90 Å². The molecule has 1 aliphatic heterocycles. The number of hydrogen-bond donors (Lipinski definition) is 3. The van der Waals surface area contributed by atoms with Gasteiger partial charge in [-0.25, -0.2) is 4.79 Å². The van der Waals surface area contributed by atoms with Gasteiger partial charge < -0.3 is 25.2 Å². The van der Waals surface area contributed by atoms with Crippen LogP contribution in [0.4, 0.5) is 4.79 Å². The molecule has 0 spiro atoms. The minimum Gasteiger partial charge on any atom is -0.481 e. The standard InChI is InChI=1S/C12H20N2O5/c15-6-9-7-19-5-4-14(9)11(18)13-8-12(10(16)17)2-1-3-12/h9,15H,1-8H2,(H,13,18)(H,16,17). The summed E-state index contributed by atoms with van der Waals surface area (Å²) < 4.78 is 5.19. The Hall–Kier alpha value is -1.34. The van der Waals surface area contributed by atoms with E-state index in [1.54, 1.807) is 0 Å². The van der Waals surface area contributed by atoms with Gasteiger partial charge in [0.2, 0.25) is 0 Å². The summed E-state index contributed by atoms with van der Waals surface area (Å²) in [7, 11) is 0. The highest BCUT2D eigenvalue weighted by molar-refractivity contribution is 5.79. The molecule has 1 saturated heterocycles. The number of morpholine rings is 1. The van der Waals surface area contributed by atoms with Gasteiger partial charge in [-0.15, -0.1) is 0 Å². The highest BCUT2D eigenvalue weighted by Crippen LogP contribution is 2.40. The lowest BCUT2D eigenvalue weighted by molar-refractivity contribution is -0.153. The van der Waals surface area contributed by atoms with Crippen LogP contribution in [0.2, 0.25) is 0 Å². The third-order valence-electron chi connectivity index (χ3n) is 4.04. The molecule has 1 atom stereocenters. The first kappa shape index (κ1) is 14.1. The van der Waals surface area contributed by atoms with Crippen molar-refractivity contribution in [3.05, 3.63) is 0 Å². The second-order valence-electron chi connectivity index (χ2n) is 5.20. The molecule has 1 saturated carbocycles. The minimum absolute atomic E-state index is 0.149. The molecule has 0 aromatic carbocycles. The van der Waals surface area contributed by atoms with Gasteiger partial charge in [0.15, 0.2) is 0 Å². The van der Waals surface area contributed by atoms with Gasteiger partial charge in [-0.2, -0.15) is 0 Å². The van der Waals surface area contributed by atoms with Gasteiger partial charge in [0.05, 0.1) is 31.3 Å². The SMILES string of the molecule is O=C(NCC1(C(=O)O)CCC1)N1CCOCC1CO. The maximum absolute atomic E-state index is 12.0. The monoisotopic (exact) mass is 272 g/mol. The maximum atomic E-state index is 12.0. The van der Waals surface area contributed by atoms with Gasteiger partial charge in [-0.1, -0.05) is 6.42 Å². The van der Waals surface area contributed by atoms with Crippen molar-refractivity contribution in [1.29, 1.82) is 0 Å². The van der Waals surface area contributed by atoms with E-state index >= 15 is 0 Å². The van der Waals surface area contributed by atoms with Crippen molar-refractivity contribution in [2.45, 2.75) is 25.3 Å². The van der Waals surface area contributed by atoms with Crippen LogP contribution < -0.4 is 5.32 Å². The molecule has 3 N–H and O–H groups in total. The number of urea groups is 1. The molecule has 2 rings (SSSR count). The Morgan fingerprint density at radius 1 is 1.42 bits per heavy atom. The number of aliphatic hydroxyl groups is 1. The van der Waals surface area contributed by atoms with E-state index < -0.39 is 11.4 Å². The fraction of sp³-hybridized carbons (Fsp3) is 0.833. The van der Waals surface area contributed by atoms with E-state index in [-0.39, 0.29) is 25.2 Å². The predicted octanol–water partition coefficient (Wildman–Crippen LogP) is -0.356. The zero-order chi connectivity index (χ0) is 13.9. The highest BCUT2D eigenvalue weighted by atomic mass is 16.5. The Balaban J connectivity index is 1.88. The number of amides is 2. The molecule has 1 aliphatic carbocycles. The number of ether oxygens (including phenoxy) is 1. The van der Waals surface area contributed by atoms with Gasteiger partial charge in [-0.05, 0) is 12.8 Å². The lowest BCUT2D eigenvalue weighted by Gasteiger charge is -2.39. The fourth-order valence-corrected chi connectivity index (χ4v) is 2.49. The summed E-state index contributed by atoms with van der Waals surface area (Å²) in [5.41, 5.74) is -0.795. The van der Waals surface area contributed by atoms with Crippen molar-refractivity contribution in [3.63, 3.8) is 0 Å². The van der Waals surface area contributed by atoms with Crippen LogP contribution in [0, 0.1) is 5.41 Å². The molecule has 7 nitrogen and oxygen atoms in total. The molecular weight excluding hydrogens is 252 g/mol. The number of carboxylic acid groups (broad SMARTS) is 1. The van der Waals surface area contributed by atoms with E-state index in [4.69, 9.17) is 4.74 Å². The lowest BCUT2D eigenvalue weighted by Crippen LogP contribution is -2.56. The van der Waals surface area contributed by atoms with Crippen molar-refractivity contribution >= 4 is 12.0 Å². The first-order valence-electron chi connectivity index (χ1n) is 6.55. The van der Waals surface area contributed by atoms with Gasteiger partial charge in [0.25, 0.3) is 0 Å². The van der Waals surface area contributed by atoms with Crippen LogP contribution in [-0.4, -0.2) is 66.1 Å². The van der Waals surface area contributed by atoms with Gasteiger partial charge in [-0.3, -0.25) is 4.79 Å². The van der Waals surface area contributed by atoms with Crippen LogP contribution in [0.15, 0.2) is 0 Å². The quantitative estimate of drug-likeness (QED) is 0.649. The van der Waals surface area contributed by atoms with Crippen LogP contribution in [0.1, 0.15) is 19.3 Å². The highest BCUT2D eigenvalue weighted by Gasteiger charge is 2.44. The average molecular weight is 272 g/mol. The van der Waals surface area contributed by atoms with Crippen LogP contribution in [0.3, 0.4) is 0 Å². The Labute approximate surface area is 111 Å². The van der Waals surface area contributed by atoms with Crippen LogP contribution in [0.25, 0.3) is 0 Å². The topological polar surface area (TPSA) is 99.1 Å². The van der Waals surface area contributed by atoms with E-state index in [0.29, 0.717) is 32.6 Å². The van der Waals surface area contributed by atoms with E-state index in [2.05, 4.69) is 5.32 Å². The molecule has 7 heteroatoms. The van der Waals surface area contributed by atoms with E-state index in [0.717, 1.165) is 6.42 Å². The van der Waals surface area contributed by atoms with Crippen molar-refractivity contribution in [3.8, 4) is 0 Å². The molecular formula is C12H20N2O5. The summed E-state index contributed by atoms with van der Waals surface area (Å²) in [6.45, 7) is 1.16. The van der Waals surface area contributed by atoms with Crippen LogP contribution in [-0.2, 0) is 9.53 Å². The van der Waals surface area contributed by atoms with Crippen LogP contribution in [0.5, 0.6) is 0 Å². The molecule has 1 heterocycles. The summed E-state index contributed by atoms with van der Waals surface area (Å²) in [6, 6.07) is -0.675. The largest absolute Gasteiger partial charge is 0.481 e. The number of aliphatic hydroxyl groups excluding tert-OH is 1. The molecule has 0 bridgehead atoms. The third kappa shape index (κ3) is 2.82. The molecule has 2 aliphatic rings. The van der Waals surface area contributed by atoms with Crippen molar-refractivity contribution in [2.24, 2.45) is 5.41 Å². The third-order valence-corrected chi connectivity index (χ3v) is 4.04. The number of nitrogens with one attached hydrogen (secondary N) is 1. The zero-order valence-corrected chi connectivity index (χ0v) is 10.8. The van der Waals surface area contributed by atoms with Crippen LogP contribution >= 0.6 is 0 Å². The summed E-state index contributed by atoms with van der Waals surface area (Å²) in [6.07, 6.45) is 2.10. The van der Waals surface area contributed by atoms with Crippen molar-refractivity contribution < 1.29 is 24.5 Å². The molecule has 108 valence electrons. The number of carbonyl (C=O) groups is 2. The number of carboxylic acids is 1. The Bertz CT molecular complexity index is 356. The molecule has 19 heavy (non-hydrogen) atoms. The summed E-state index contributed by atoms with van der Waals surface area (Å²) >= 11 is 0. The van der Waals surface area contributed by atoms with Gasteiger partial charge >= 0.3 is 12.0 Å². The van der Waals surface area contributed by atoms with Crippen molar-refractivity contribution in [1.82, 2.24) is 10.2 Å². The molecule has 0 aromatic rings. The van der Waals surface area contributed by atoms with Gasteiger partial charge in [0.1, 0.15) is 0 Å². The summed E-state index contributed by atoms with van der Waals surface area (Å²) in [5, 5.41) is 21.0. The first-order chi connectivity index (χ1) is 9.09. The predicted molar refractivity (Wildman–Crippen MR) is 65.7 cm³/mol. The van der Waals surface area contributed by atoms with E-state index in [1.807, 2.05) is 0 Å². The number of carbonyl (C=O) groups excluding carboxylic acids is 1. The Kier molecular flexibility index (Phi) is 4.26. The van der Waals surface area contributed by atoms with Crippen molar-refractivity contribution in [2.75, 3.05) is 32.9 Å². The van der Waals surface area contributed by atoms with Gasteiger partial charge in [0, 0.05) is 13.1 Å². The maximum Gasteiger partial charge on any atom is 0.317 e.